The molecule has 3 aromatic rings. The van der Waals surface area contributed by atoms with Crippen molar-refractivity contribution < 1.29 is 4.42 Å². The van der Waals surface area contributed by atoms with Gasteiger partial charge in [-0.25, -0.2) is 5.43 Å². The van der Waals surface area contributed by atoms with E-state index < -0.39 is 0 Å². The van der Waals surface area contributed by atoms with Gasteiger partial charge in [0.1, 0.15) is 11.8 Å². The monoisotopic (exact) mass is 287 g/mol. The maximum atomic E-state index is 6.13. The molecule has 3 rings (SSSR count). The Morgan fingerprint density at radius 3 is 2.85 bits per heavy atom. The van der Waals surface area contributed by atoms with Crippen molar-refractivity contribution in [2.45, 2.75) is 13.0 Å². The molecule has 0 radical (unpaired) electrons. The second kappa shape index (κ2) is 5.25. The molecule has 102 valence electrons. The van der Waals surface area contributed by atoms with Gasteiger partial charge in [0.15, 0.2) is 5.58 Å². The zero-order valence-electron chi connectivity index (χ0n) is 10.9. The number of hydrogen-bond donors (Lipinski definition) is 2. The lowest BCUT2D eigenvalue weighted by molar-refractivity contribution is 0.477. The molecule has 0 aliphatic heterocycles. The minimum Gasteiger partial charge on any atom is -0.457 e. The largest absolute Gasteiger partial charge is 0.457 e. The number of pyridine rings is 1. The van der Waals surface area contributed by atoms with E-state index >= 15 is 0 Å². The van der Waals surface area contributed by atoms with Gasteiger partial charge in [-0.15, -0.1) is 0 Å². The van der Waals surface area contributed by atoms with Gasteiger partial charge in [-0.3, -0.25) is 10.8 Å². The summed E-state index contributed by atoms with van der Waals surface area (Å²) in [5, 5.41) is 1.55. The third-order valence-corrected chi connectivity index (χ3v) is 3.52. The summed E-state index contributed by atoms with van der Waals surface area (Å²) in [6, 6.07) is 11.2. The van der Waals surface area contributed by atoms with E-state index in [1.54, 1.807) is 12.3 Å². The number of furan rings is 1. The molecule has 1 unspecified atom stereocenters. The molecule has 0 aliphatic carbocycles. The second-order valence-corrected chi connectivity index (χ2v) is 5.04. The number of nitrogens with two attached hydrogens (primary N) is 1. The molecule has 0 fully saturated rings. The second-order valence-electron chi connectivity index (χ2n) is 4.64. The predicted molar refractivity (Wildman–Crippen MR) is 79.4 cm³/mol. The maximum absolute atomic E-state index is 6.13. The van der Waals surface area contributed by atoms with Crippen LogP contribution in [0.25, 0.3) is 11.0 Å². The van der Waals surface area contributed by atoms with Gasteiger partial charge in [-0.05, 0) is 36.8 Å². The molecule has 0 saturated carbocycles. The van der Waals surface area contributed by atoms with E-state index in [1.165, 1.54) is 0 Å². The Balaban J connectivity index is 2.09. The molecular formula is C15H14ClN3O. The summed E-state index contributed by atoms with van der Waals surface area (Å²) in [4.78, 5) is 4.19. The van der Waals surface area contributed by atoms with Crippen LogP contribution in [-0.4, -0.2) is 4.98 Å². The SMILES string of the molecule is Cc1cc(C(NN)c2cc3cccc(Cl)c3o2)ccn1. The summed E-state index contributed by atoms with van der Waals surface area (Å²) in [5.74, 6) is 6.41. The lowest BCUT2D eigenvalue weighted by Gasteiger charge is -2.13. The summed E-state index contributed by atoms with van der Waals surface area (Å²) in [6.07, 6.45) is 1.75. The fraction of sp³-hybridized carbons (Fsp3) is 0.133. The summed E-state index contributed by atoms with van der Waals surface area (Å²) in [6.45, 7) is 1.94. The smallest absolute Gasteiger partial charge is 0.152 e. The molecule has 0 aliphatic rings. The Morgan fingerprint density at radius 1 is 1.30 bits per heavy atom. The van der Waals surface area contributed by atoms with Crippen LogP contribution >= 0.6 is 11.6 Å². The van der Waals surface area contributed by atoms with Gasteiger partial charge >= 0.3 is 0 Å². The van der Waals surface area contributed by atoms with E-state index in [9.17, 15) is 0 Å². The predicted octanol–water partition coefficient (Wildman–Crippen LogP) is 3.34. The number of nitrogens with zero attached hydrogens (tertiary/aromatic N) is 1. The first-order valence-corrected chi connectivity index (χ1v) is 6.63. The molecule has 4 nitrogen and oxygen atoms in total. The van der Waals surface area contributed by atoms with Crippen LogP contribution in [0.1, 0.15) is 23.1 Å². The molecule has 0 bridgehead atoms. The number of rotatable bonds is 3. The Labute approximate surface area is 121 Å². The summed E-state index contributed by atoms with van der Waals surface area (Å²) < 4.78 is 5.85. The van der Waals surface area contributed by atoms with Crippen molar-refractivity contribution >= 4 is 22.6 Å². The molecule has 2 heterocycles. The zero-order chi connectivity index (χ0) is 14.1. The van der Waals surface area contributed by atoms with Crippen molar-refractivity contribution in [2.24, 2.45) is 5.84 Å². The molecule has 0 saturated heterocycles. The van der Waals surface area contributed by atoms with Crippen LogP contribution in [-0.2, 0) is 0 Å². The molecule has 3 N–H and O–H groups in total. The van der Waals surface area contributed by atoms with Gasteiger partial charge in [0.05, 0.1) is 5.02 Å². The van der Waals surface area contributed by atoms with Crippen molar-refractivity contribution in [3.05, 3.63) is 64.6 Å². The van der Waals surface area contributed by atoms with Gasteiger partial charge in [-0.2, -0.15) is 0 Å². The van der Waals surface area contributed by atoms with Crippen LogP contribution in [0, 0.1) is 6.92 Å². The van der Waals surface area contributed by atoms with Gasteiger partial charge in [-0.1, -0.05) is 23.7 Å². The lowest BCUT2D eigenvalue weighted by Crippen LogP contribution is -2.28. The van der Waals surface area contributed by atoms with E-state index in [-0.39, 0.29) is 6.04 Å². The summed E-state index contributed by atoms with van der Waals surface area (Å²) in [5.41, 5.74) is 5.38. The fourth-order valence-corrected chi connectivity index (χ4v) is 2.50. The molecule has 5 heteroatoms. The van der Waals surface area contributed by atoms with Crippen molar-refractivity contribution in [3.63, 3.8) is 0 Å². The van der Waals surface area contributed by atoms with E-state index in [2.05, 4.69) is 10.4 Å². The average Bonchev–Trinajstić information content (AvgIpc) is 2.85. The summed E-state index contributed by atoms with van der Waals surface area (Å²) >= 11 is 6.13. The van der Waals surface area contributed by atoms with Gasteiger partial charge in [0.25, 0.3) is 0 Å². The van der Waals surface area contributed by atoms with Gasteiger partial charge in [0.2, 0.25) is 0 Å². The quantitative estimate of drug-likeness (QED) is 0.573. The zero-order valence-corrected chi connectivity index (χ0v) is 11.7. The van der Waals surface area contributed by atoms with Gasteiger partial charge in [0, 0.05) is 17.3 Å². The number of hydrogen-bond acceptors (Lipinski definition) is 4. The molecule has 1 aromatic carbocycles. The van der Waals surface area contributed by atoms with E-state index in [0.29, 0.717) is 10.6 Å². The molecule has 20 heavy (non-hydrogen) atoms. The van der Waals surface area contributed by atoms with Crippen molar-refractivity contribution in [1.29, 1.82) is 0 Å². The number of nitrogens with one attached hydrogen (secondary N) is 1. The molecule has 2 aromatic heterocycles. The summed E-state index contributed by atoms with van der Waals surface area (Å²) in [7, 11) is 0. The lowest BCUT2D eigenvalue weighted by atomic mass is 10.1. The van der Waals surface area contributed by atoms with Crippen molar-refractivity contribution in [3.8, 4) is 0 Å². The van der Waals surface area contributed by atoms with E-state index in [4.69, 9.17) is 21.9 Å². The van der Waals surface area contributed by atoms with Crippen LogP contribution in [0.2, 0.25) is 5.02 Å². The van der Waals surface area contributed by atoms with Crippen LogP contribution in [0.5, 0.6) is 0 Å². The van der Waals surface area contributed by atoms with Crippen LogP contribution in [0.15, 0.2) is 47.0 Å². The number of aromatic nitrogens is 1. The normalized spacial score (nSPS) is 12.8. The minimum atomic E-state index is -0.236. The van der Waals surface area contributed by atoms with E-state index in [0.717, 1.165) is 22.4 Å². The Hall–Kier alpha value is -1.88. The highest BCUT2D eigenvalue weighted by molar-refractivity contribution is 6.34. The minimum absolute atomic E-state index is 0.236. The highest BCUT2D eigenvalue weighted by Crippen LogP contribution is 2.31. The van der Waals surface area contributed by atoms with Crippen molar-refractivity contribution in [2.75, 3.05) is 0 Å². The van der Waals surface area contributed by atoms with Crippen molar-refractivity contribution in [1.82, 2.24) is 10.4 Å². The Kier molecular flexibility index (Phi) is 3.44. The third kappa shape index (κ3) is 2.29. The third-order valence-electron chi connectivity index (χ3n) is 3.22. The van der Waals surface area contributed by atoms with Gasteiger partial charge < -0.3 is 4.42 Å². The topological polar surface area (TPSA) is 64.1 Å². The average molecular weight is 288 g/mol. The Morgan fingerprint density at radius 2 is 2.15 bits per heavy atom. The van der Waals surface area contributed by atoms with Crippen LogP contribution < -0.4 is 11.3 Å². The van der Waals surface area contributed by atoms with Crippen LogP contribution in [0.3, 0.4) is 0 Å². The molecule has 0 spiro atoms. The maximum Gasteiger partial charge on any atom is 0.152 e. The van der Waals surface area contributed by atoms with E-state index in [1.807, 2.05) is 37.3 Å². The first-order valence-electron chi connectivity index (χ1n) is 6.25. The molecular weight excluding hydrogens is 274 g/mol. The highest BCUT2D eigenvalue weighted by atomic mass is 35.5. The Bertz CT molecular complexity index is 754. The fourth-order valence-electron chi connectivity index (χ4n) is 2.28. The van der Waals surface area contributed by atoms with Crippen LogP contribution in [0.4, 0.5) is 0 Å². The highest BCUT2D eigenvalue weighted by Gasteiger charge is 2.18. The number of hydrazine groups is 1. The number of benzene rings is 1. The first kappa shape index (κ1) is 13.1. The molecule has 0 amide bonds. The number of halogens is 1. The molecule has 1 atom stereocenters. The standard InChI is InChI=1S/C15H14ClN3O/c1-9-7-10(5-6-18-9)14(19-17)13-8-11-3-2-4-12(16)15(11)20-13/h2-8,14,19H,17H2,1H3. The number of aryl methyl sites for hydroxylation is 1. The number of para-hydroxylation sites is 1. The number of fused-ring (bicyclic) bond motifs is 1. The first-order chi connectivity index (χ1) is 9.69.